The number of anilines is 1. The van der Waals surface area contributed by atoms with Crippen molar-refractivity contribution < 1.29 is 14.5 Å². The molecular formula is C24H24N4O4. The summed E-state index contributed by atoms with van der Waals surface area (Å²) >= 11 is 0. The minimum absolute atomic E-state index is 0.118. The Bertz CT molecular complexity index is 1160. The molecule has 0 radical (unpaired) electrons. The molecule has 0 fully saturated rings. The van der Waals surface area contributed by atoms with Gasteiger partial charge in [-0.3, -0.25) is 10.1 Å². The molecule has 3 aromatic rings. The van der Waals surface area contributed by atoms with Gasteiger partial charge in [0.2, 0.25) is 0 Å². The van der Waals surface area contributed by atoms with E-state index in [1.165, 1.54) is 18.2 Å². The van der Waals surface area contributed by atoms with Gasteiger partial charge in [0, 0.05) is 24.4 Å². The number of nitriles is 1. The highest BCUT2D eigenvalue weighted by Crippen LogP contribution is 2.31. The number of carbonyl (C=O) groups is 1. The van der Waals surface area contributed by atoms with Crippen LogP contribution in [0.2, 0.25) is 0 Å². The van der Waals surface area contributed by atoms with Crippen molar-refractivity contribution in [2.45, 2.75) is 33.2 Å². The van der Waals surface area contributed by atoms with Gasteiger partial charge in [-0.15, -0.1) is 0 Å². The third-order valence-corrected chi connectivity index (χ3v) is 5.04. The zero-order valence-corrected chi connectivity index (χ0v) is 18.0. The van der Waals surface area contributed by atoms with E-state index in [4.69, 9.17) is 4.74 Å². The Kier molecular flexibility index (Phi) is 7.24. The molecular weight excluding hydrogens is 408 g/mol. The van der Waals surface area contributed by atoms with Crippen molar-refractivity contribution in [1.29, 1.82) is 5.26 Å². The van der Waals surface area contributed by atoms with Crippen molar-refractivity contribution in [3.05, 3.63) is 81.2 Å². The fourth-order valence-corrected chi connectivity index (χ4v) is 3.59. The first-order valence-electron chi connectivity index (χ1n) is 10.4. The summed E-state index contributed by atoms with van der Waals surface area (Å²) in [4.78, 5) is 26.2. The number of nitro benzene ring substituents is 1. The van der Waals surface area contributed by atoms with E-state index >= 15 is 0 Å². The molecule has 2 N–H and O–H groups in total. The second kappa shape index (κ2) is 10.3. The predicted molar refractivity (Wildman–Crippen MR) is 121 cm³/mol. The number of nitrogens with zero attached hydrogens (tertiary/aromatic N) is 2. The number of H-pyrrole nitrogens is 1. The van der Waals surface area contributed by atoms with Crippen molar-refractivity contribution in [2.75, 3.05) is 11.9 Å². The number of aryl methyl sites for hydroxylation is 1. The first-order chi connectivity index (χ1) is 15.5. The Labute approximate surface area is 186 Å². The maximum Gasteiger partial charge on any atom is 0.340 e. The number of nitrogens with one attached hydrogen (secondary N) is 2. The lowest BCUT2D eigenvalue weighted by Crippen LogP contribution is -2.11. The molecule has 2 aromatic carbocycles. The van der Waals surface area contributed by atoms with Gasteiger partial charge in [-0.1, -0.05) is 43.7 Å². The van der Waals surface area contributed by atoms with E-state index < -0.39 is 10.9 Å². The Morgan fingerprint density at radius 3 is 2.59 bits per heavy atom. The number of nitro groups is 1. The van der Waals surface area contributed by atoms with E-state index in [0.717, 1.165) is 35.1 Å². The summed E-state index contributed by atoms with van der Waals surface area (Å²) in [6, 6.07) is 14.1. The fraction of sp³-hybridized carbons (Fsp3) is 0.250. The predicted octanol–water partition coefficient (Wildman–Crippen LogP) is 5.20. The summed E-state index contributed by atoms with van der Waals surface area (Å²) in [5.41, 5.74) is 4.36. The van der Waals surface area contributed by atoms with Gasteiger partial charge < -0.3 is 15.0 Å². The molecule has 0 aliphatic rings. The molecule has 32 heavy (non-hydrogen) atoms. The topological polar surface area (TPSA) is 121 Å². The lowest BCUT2D eigenvalue weighted by atomic mass is 9.98. The summed E-state index contributed by atoms with van der Waals surface area (Å²) in [6.45, 7) is 4.22. The highest BCUT2D eigenvalue weighted by atomic mass is 16.6. The Morgan fingerprint density at radius 2 is 1.97 bits per heavy atom. The van der Waals surface area contributed by atoms with Gasteiger partial charge in [0.25, 0.3) is 5.69 Å². The number of aromatic nitrogens is 1. The molecule has 0 spiro atoms. The Hall–Kier alpha value is -4.12. The van der Waals surface area contributed by atoms with Crippen LogP contribution in [0.25, 0.3) is 11.1 Å². The SMILES string of the molecule is CCCc1c[nH]c(C#N)c1-c1ccc(CNc2c(C(=O)OCC)cccc2[N+](=O)[O-])cc1. The van der Waals surface area contributed by atoms with Crippen LogP contribution in [0.15, 0.2) is 48.7 Å². The largest absolute Gasteiger partial charge is 0.462 e. The lowest BCUT2D eigenvalue weighted by molar-refractivity contribution is -0.384. The van der Waals surface area contributed by atoms with Crippen molar-refractivity contribution in [3.8, 4) is 17.2 Å². The normalized spacial score (nSPS) is 10.4. The third kappa shape index (κ3) is 4.78. The van der Waals surface area contributed by atoms with Crippen LogP contribution < -0.4 is 5.32 Å². The van der Waals surface area contributed by atoms with Gasteiger partial charge in [-0.2, -0.15) is 5.26 Å². The average molecular weight is 432 g/mol. The van der Waals surface area contributed by atoms with E-state index in [9.17, 15) is 20.2 Å². The first-order valence-corrected chi connectivity index (χ1v) is 10.4. The van der Waals surface area contributed by atoms with Crippen molar-refractivity contribution in [3.63, 3.8) is 0 Å². The van der Waals surface area contributed by atoms with Crippen molar-refractivity contribution in [2.24, 2.45) is 0 Å². The number of benzene rings is 2. The molecule has 0 aliphatic heterocycles. The summed E-state index contributed by atoms with van der Waals surface area (Å²) in [5, 5.41) is 23.9. The van der Waals surface area contributed by atoms with Gasteiger partial charge in [0.1, 0.15) is 17.5 Å². The quantitative estimate of drug-likeness (QED) is 0.272. The molecule has 0 amide bonds. The standard InChI is InChI=1S/C24H24N4O4/c1-3-6-18-15-26-20(13-25)22(18)17-11-9-16(10-12-17)14-27-23-19(24(29)32-4-2)7-5-8-21(23)28(30)31/h5,7-12,15,26-27H,3-4,6,14H2,1-2H3. The first kappa shape index (κ1) is 22.6. The molecule has 0 atom stereocenters. The van der Waals surface area contributed by atoms with E-state index in [1.807, 2.05) is 30.5 Å². The van der Waals surface area contributed by atoms with Gasteiger partial charge in [0.05, 0.1) is 17.1 Å². The van der Waals surface area contributed by atoms with Crippen molar-refractivity contribution in [1.82, 2.24) is 4.98 Å². The lowest BCUT2D eigenvalue weighted by Gasteiger charge is -2.12. The molecule has 0 bridgehead atoms. The van der Waals surface area contributed by atoms with Crippen LogP contribution in [0, 0.1) is 21.4 Å². The zero-order chi connectivity index (χ0) is 23.1. The maximum absolute atomic E-state index is 12.3. The number of carbonyl (C=O) groups excluding carboxylic acids is 1. The third-order valence-electron chi connectivity index (χ3n) is 5.04. The monoisotopic (exact) mass is 432 g/mol. The minimum atomic E-state index is -0.617. The second-order valence-electron chi connectivity index (χ2n) is 7.15. The van der Waals surface area contributed by atoms with Gasteiger partial charge in [0.15, 0.2) is 0 Å². The Balaban J connectivity index is 1.85. The molecule has 0 saturated carbocycles. The number of ether oxygens (including phenoxy) is 1. The van der Waals surface area contributed by atoms with Crippen LogP contribution in [0.1, 0.15) is 47.4 Å². The zero-order valence-electron chi connectivity index (χ0n) is 18.0. The maximum atomic E-state index is 12.3. The number of aromatic amines is 1. The highest BCUT2D eigenvalue weighted by Gasteiger charge is 2.22. The van der Waals surface area contributed by atoms with Gasteiger partial charge >= 0.3 is 5.97 Å². The summed E-state index contributed by atoms with van der Waals surface area (Å²) in [6.07, 6.45) is 3.71. The van der Waals surface area contributed by atoms with E-state index in [0.29, 0.717) is 5.69 Å². The summed E-state index contributed by atoms with van der Waals surface area (Å²) < 4.78 is 5.03. The van der Waals surface area contributed by atoms with E-state index in [-0.39, 0.29) is 30.1 Å². The Morgan fingerprint density at radius 1 is 1.22 bits per heavy atom. The van der Waals surface area contributed by atoms with Crippen LogP contribution in [-0.2, 0) is 17.7 Å². The molecule has 0 saturated heterocycles. The number of esters is 1. The number of rotatable bonds is 9. The number of hydrogen-bond acceptors (Lipinski definition) is 6. The molecule has 8 nitrogen and oxygen atoms in total. The van der Waals surface area contributed by atoms with Crippen LogP contribution in [0.4, 0.5) is 11.4 Å². The molecule has 3 rings (SSSR count). The number of para-hydroxylation sites is 1. The molecule has 164 valence electrons. The van der Waals surface area contributed by atoms with Gasteiger partial charge in [-0.25, -0.2) is 4.79 Å². The van der Waals surface area contributed by atoms with E-state index in [2.05, 4.69) is 23.3 Å². The van der Waals surface area contributed by atoms with Gasteiger partial charge in [-0.05, 0) is 36.1 Å². The second-order valence-corrected chi connectivity index (χ2v) is 7.15. The fourth-order valence-electron chi connectivity index (χ4n) is 3.59. The molecule has 0 unspecified atom stereocenters. The van der Waals surface area contributed by atoms with Crippen LogP contribution in [-0.4, -0.2) is 22.5 Å². The van der Waals surface area contributed by atoms with Crippen molar-refractivity contribution >= 4 is 17.3 Å². The molecule has 0 aliphatic carbocycles. The minimum Gasteiger partial charge on any atom is -0.462 e. The summed E-state index contributed by atoms with van der Waals surface area (Å²) in [5.74, 6) is -0.617. The smallest absolute Gasteiger partial charge is 0.340 e. The molecule has 1 heterocycles. The molecule has 8 heteroatoms. The van der Waals surface area contributed by atoms with Crippen LogP contribution in [0.5, 0.6) is 0 Å². The molecule has 1 aromatic heterocycles. The average Bonchev–Trinajstić information content (AvgIpc) is 3.20. The summed E-state index contributed by atoms with van der Waals surface area (Å²) in [7, 11) is 0. The van der Waals surface area contributed by atoms with E-state index in [1.54, 1.807) is 6.92 Å². The van der Waals surface area contributed by atoms with Crippen LogP contribution in [0.3, 0.4) is 0 Å². The number of hydrogen-bond donors (Lipinski definition) is 2. The highest BCUT2D eigenvalue weighted by molar-refractivity contribution is 5.98. The van der Waals surface area contributed by atoms with Crippen LogP contribution >= 0.6 is 0 Å².